The van der Waals surface area contributed by atoms with Crippen LogP contribution in [-0.2, 0) is 9.84 Å². The van der Waals surface area contributed by atoms with E-state index in [1.165, 1.54) is 0 Å². The molecule has 0 aliphatic carbocycles. The lowest BCUT2D eigenvalue weighted by molar-refractivity contribution is 0.505. The summed E-state index contributed by atoms with van der Waals surface area (Å²) in [5.74, 6) is 0.229. The van der Waals surface area contributed by atoms with Crippen LogP contribution >= 0.6 is 23.2 Å². The third-order valence-corrected chi connectivity index (χ3v) is 6.41. The van der Waals surface area contributed by atoms with Gasteiger partial charge in [0.1, 0.15) is 0 Å². The lowest BCUT2D eigenvalue weighted by atomic mass is 10.0. The Balaban J connectivity index is 2.30. The minimum atomic E-state index is -3.09. The van der Waals surface area contributed by atoms with Crippen LogP contribution in [0.1, 0.15) is 30.9 Å². The maximum absolute atomic E-state index is 12.0. The molecule has 18 heavy (non-hydrogen) atoms. The fourth-order valence-corrected chi connectivity index (χ4v) is 4.66. The molecule has 6 heteroatoms. The number of benzene rings is 1. The second-order valence-electron chi connectivity index (χ2n) is 4.60. The summed E-state index contributed by atoms with van der Waals surface area (Å²) in [7, 11) is -3.09. The molecule has 2 N–H and O–H groups in total. The van der Waals surface area contributed by atoms with E-state index in [4.69, 9.17) is 28.9 Å². The van der Waals surface area contributed by atoms with Gasteiger partial charge in [-0.1, -0.05) is 35.7 Å². The van der Waals surface area contributed by atoms with E-state index in [2.05, 4.69) is 0 Å². The van der Waals surface area contributed by atoms with Gasteiger partial charge < -0.3 is 5.73 Å². The Kier molecular flexibility index (Phi) is 4.22. The van der Waals surface area contributed by atoms with Crippen LogP contribution in [0.3, 0.4) is 0 Å². The zero-order chi connectivity index (χ0) is 13.3. The number of hydrogen-bond donors (Lipinski definition) is 1. The minimum absolute atomic E-state index is 0.229. The smallest absolute Gasteiger partial charge is 0.155 e. The lowest BCUT2D eigenvalue weighted by Gasteiger charge is -2.27. The number of rotatable bonds is 2. The van der Waals surface area contributed by atoms with Crippen molar-refractivity contribution in [3.63, 3.8) is 0 Å². The highest BCUT2D eigenvalue weighted by Crippen LogP contribution is 2.32. The van der Waals surface area contributed by atoms with Crippen LogP contribution in [-0.4, -0.2) is 19.4 Å². The van der Waals surface area contributed by atoms with Crippen molar-refractivity contribution in [2.45, 2.75) is 30.6 Å². The summed E-state index contributed by atoms with van der Waals surface area (Å²) in [6, 6.07) is 4.50. The SMILES string of the molecule is NC(c1ccc(Cl)c(Cl)c1)C1CCCCS1(=O)=O. The van der Waals surface area contributed by atoms with Crippen molar-refractivity contribution in [2.24, 2.45) is 5.73 Å². The maximum Gasteiger partial charge on any atom is 0.155 e. The minimum Gasteiger partial charge on any atom is -0.323 e. The fraction of sp³-hybridized carbons (Fsp3) is 0.500. The van der Waals surface area contributed by atoms with E-state index in [0.717, 1.165) is 18.4 Å². The standard InChI is InChI=1S/C12H15Cl2NO2S/c13-9-5-4-8(7-10(9)14)12(15)11-3-1-2-6-18(11,16)17/h4-5,7,11-12H,1-3,6,15H2. The summed E-state index contributed by atoms with van der Waals surface area (Å²) in [5, 5.41) is 0.334. The van der Waals surface area contributed by atoms with Crippen molar-refractivity contribution >= 4 is 33.0 Å². The Morgan fingerprint density at radius 2 is 1.94 bits per heavy atom. The first-order chi connectivity index (χ1) is 8.42. The molecular weight excluding hydrogens is 293 g/mol. The zero-order valence-corrected chi connectivity index (χ0v) is 12.1. The van der Waals surface area contributed by atoms with Crippen LogP contribution in [0.15, 0.2) is 18.2 Å². The summed E-state index contributed by atoms with van der Waals surface area (Å²) in [6.45, 7) is 0. The molecule has 0 aromatic heterocycles. The van der Waals surface area contributed by atoms with Gasteiger partial charge in [0.05, 0.1) is 21.0 Å². The normalized spacial score (nSPS) is 24.7. The van der Waals surface area contributed by atoms with E-state index in [9.17, 15) is 8.42 Å². The van der Waals surface area contributed by atoms with Crippen LogP contribution in [0.2, 0.25) is 10.0 Å². The molecule has 1 heterocycles. The Bertz CT molecular complexity index is 545. The van der Waals surface area contributed by atoms with Gasteiger partial charge in [0.25, 0.3) is 0 Å². The molecule has 0 bridgehead atoms. The quantitative estimate of drug-likeness (QED) is 0.913. The molecule has 2 unspecified atom stereocenters. The van der Waals surface area contributed by atoms with Gasteiger partial charge in [0, 0.05) is 6.04 Å². The van der Waals surface area contributed by atoms with Gasteiger partial charge in [-0.25, -0.2) is 8.42 Å². The molecule has 100 valence electrons. The first-order valence-corrected chi connectivity index (χ1v) is 8.31. The fourth-order valence-electron chi connectivity index (χ4n) is 2.32. The highest BCUT2D eigenvalue weighted by molar-refractivity contribution is 7.92. The third-order valence-electron chi connectivity index (χ3n) is 3.36. The van der Waals surface area contributed by atoms with E-state index in [1.807, 2.05) is 0 Å². The van der Waals surface area contributed by atoms with Crippen molar-refractivity contribution in [1.29, 1.82) is 0 Å². The van der Waals surface area contributed by atoms with Gasteiger partial charge in [-0.3, -0.25) is 0 Å². The van der Waals surface area contributed by atoms with Crippen molar-refractivity contribution < 1.29 is 8.42 Å². The molecule has 1 aliphatic heterocycles. The van der Waals surface area contributed by atoms with Gasteiger partial charge in [-0.2, -0.15) is 0 Å². The molecule has 0 radical (unpaired) electrons. The third kappa shape index (κ3) is 2.82. The molecule has 1 aromatic rings. The molecule has 0 spiro atoms. The van der Waals surface area contributed by atoms with Crippen LogP contribution in [0, 0.1) is 0 Å². The van der Waals surface area contributed by atoms with Gasteiger partial charge in [0.2, 0.25) is 0 Å². The highest BCUT2D eigenvalue weighted by Gasteiger charge is 2.34. The van der Waals surface area contributed by atoms with E-state index >= 15 is 0 Å². The molecule has 1 aromatic carbocycles. The van der Waals surface area contributed by atoms with Crippen LogP contribution < -0.4 is 5.73 Å². The number of nitrogens with two attached hydrogens (primary N) is 1. The molecule has 1 fully saturated rings. The molecule has 3 nitrogen and oxygen atoms in total. The highest BCUT2D eigenvalue weighted by atomic mass is 35.5. The van der Waals surface area contributed by atoms with Crippen molar-refractivity contribution in [3.8, 4) is 0 Å². The first kappa shape index (κ1) is 14.1. The van der Waals surface area contributed by atoms with Crippen molar-refractivity contribution in [3.05, 3.63) is 33.8 Å². The Morgan fingerprint density at radius 3 is 2.56 bits per heavy atom. The topological polar surface area (TPSA) is 60.2 Å². The summed E-state index contributed by atoms with van der Waals surface area (Å²) in [4.78, 5) is 0. The van der Waals surface area contributed by atoms with Gasteiger partial charge in [-0.05, 0) is 30.5 Å². The Morgan fingerprint density at radius 1 is 1.22 bits per heavy atom. The summed E-state index contributed by atoms with van der Waals surface area (Å²) >= 11 is 11.8. The van der Waals surface area contributed by atoms with E-state index in [0.29, 0.717) is 16.5 Å². The van der Waals surface area contributed by atoms with Gasteiger partial charge >= 0.3 is 0 Å². The van der Waals surface area contributed by atoms with E-state index in [1.54, 1.807) is 18.2 Å². The molecule has 1 aliphatic rings. The monoisotopic (exact) mass is 307 g/mol. The maximum atomic E-state index is 12.0. The van der Waals surface area contributed by atoms with Crippen LogP contribution in [0.5, 0.6) is 0 Å². The van der Waals surface area contributed by atoms with E-state index < -0.39 is 21.1 Å². The average Bonchev–Trinajstić information content (AvgIpc) is 2.31. The first-order valence-electron chi connectivity index (χ1n) is 5.84. The lowest BCUT2D eigenvalue weighted by Crippen LogP contribution is -2.37. The number of hydrogen-bond acceptors (Lipinski definition) is 3. The van der Waals surface area contributed by atoms with Crippen LogP contribution in [0.25, 0.3) is 0 Å². The molecule has 1 saturated heterocycles. The molecular formula is C12H15Cl2NO2S. The summed E-state index contributed by atoms with van der Waals surface area (Å²) < 4.78 is 24.0. The van der Waals surface area contributed by atoms with Gasteiger partial charge in [0.15, 0.2) is 9.84 Å². The number of sulfone groups is 1. The molecule has 0 amide bonds. The summed E-state index contributed by atoms with van der Waals surface area (Å²) in [6.07, 6.45) is 2.25. The molecule has 2 atom stereocenters. The zero-order valence-electron chi connectivity index (χ0n) is 9.77. The molecule has 2 rings (SSSR count). The van der Waals surface area contributed by atoms with Gasteiger partial charge in [-0.15, -0.1) is 0 Å². The second-order valence-corrected chi connectivity index (χ2v) is 7.75. The Hall–Kier alpha value is -0.290. The van der Waals surface area contributed by atoms with Crippen molar-refractivity contribution in [1.82, 2.24) is 0 Å². The number of halogens is 2. The molecule has 0 saturated carbocycles. The predicted molar refractivity (Wildman–Crippen MR) is 74.8 cm³/mol. The van der Waals surface area contributed by atoms with E-state index in [-0.39, 0.29) is 5.75 Å². The Labute approximate surface area is 117 Å². The summed E-state index contributed by atoms with van der Waals surface area (Å²) in [5.41, 5.74) is 6.81. The largest absolute Gasteiger partial charge is 0.323 e. The van der Waals surface area contributed by atoms with Crippen molar-refractivity contribution in [2.75, 3.05) is 5.75 Å². The second kappa shape index (κ2) is 5.37. The van der Waals surface area contributed by atoms with Crippen LogP contribution in [0.4, 0.5) is 0 Å². The predicted octanol–water partition coefficient (Wildman–Crippen LogP) is 2.96. The average molecular weight is 308 g/mol.